The zero-order chi connectivity index (χ0) is 17.9. The lowest BCUT2D eigenvalue weighted by molar-refractivity contribution is 0.691. The number of fused-ring (bicyclic) bond motifs is 1. The average Bonchev–Trinajstić information content (AvgIpc) is 2.69. The maximum absolute atomic E-state index is 12.4. The largest absolute Gasteiger partial charge is 0.336 e. The molecule has 0 saturated carbocycles. The maximum atomic E-state index is 12.4. The molecule has 4 rings (SSSR count). The first-order valence-corrected chi connectivity index (χ1v) is 8.49. The highest BCUT2D eigenvalue weighted by Gasteiger charge is 2.25. The molecule has 6 nitrogen and oxygen atoms in total. The number of hydrogen-bond donors (Lipinski definition) is 1. The minimum absolute atomic E-state index is 0.227. The van der Waals surface area contributed by atoms with Crippen LogP contribution in [0.25, 0.3) is 0 Å². The Morgan fingerprint density at radius 1 is 1.12 bits per heavy atom. The van der Waals surface area contributed by atoms with Gasteiger partial charge in [0, 0.05) is 37.6 Å². The van der Waals surface area contributed by atoms with Crippen molar-refractivity contribution in [3.63, 3.8) is 0 Å². The SMILES string of the molecule is N#Cc1c2c(c(Cc3ccccc3)[nH]c1=O)CN(c1ncccn1)CC2. The molecule has 1 N–H and O–H groups in total. The van der Waals surface area contributed by atoms with Crippen LogP contribution in [-0.4, -0.2) is 21.5 Å². The number of anilines is 1. The minimum Gasteiger partial charge on any atom is -0.336 e. The highest BCUT2D eigenvalue weighted by molar-refractivity contribution is 5.49. The van der Waals surface area contributed by atoms with E-state index in [-0.39, 0.29) is 11.1 Å². The molecule has 0 unspecified atom stereocenters. The molecule has 0 bridgehead atoms. The number of nitrogens with zero attached hydrogens (tertiary/aromatic N) is 4. The molecular weight excluding hydrogens is 326 g/mol. The Kier molecular flexibility index (Phi) is 4.20. The molecule has 0 fully saturated rings. The van der Waals surface area contributed by atoms with Gasteiger partial charge < -0.3 is 9.88 Å². The summed E-state index contributed by atoms with van der Waals surface area (Å²) in [4.78, 5) is 26.0. The van der Waals surface area contributed by atoms with Gasteiger partial charge in [0.1, 0.15) is 11.6 Å². The molecule has 6 heteroatoms. The van der Waals surface area contributed by atoms with Crippen LogP contribution in [0.15, 0.2) is 53.6 Å². The third kappa shape index (κ3) is 2.95. The van der Waals surface area contributed by atoms with E-state index in [4.69, 9.17) is 0 Å². The van der Waals surface area contributed by atoms with Gasteiger partial charge in [0.15, 0.2) is 0 Å². The summed E-state index contributed by atoms with van der Waals surface area (Å²) in [7, 11) is 0. The number of rotatable bonds is 3. The van der Waals surface area contributed by atoms with Crippen LogP contribution in [0.4, 0.5) is 5.95 Å². The van der Waals surface area contributed by atoms with E-state index in [1.807, 2.05) is 30.3 Å². The number of pyridine rings is 1. The molecule has 128 valence electrons. The highest BCUT2D eigenvalue weighted by atomic mass is 16.1. The Bertz CT molecular complexity index is 1020. The monoisotopic (exact) mass is 343 g/mol. The van der Waals surface area contributed by atoms with E-state index in [1.165, 1.54) is 0 Å². The Balaban J connectivity index is 1.78. The van der Waals surface area contributed by atoms with Crippen molar-refractivity contribution in [2.24, 2.45) is 0 Å². The zero-order valence-electron chi connectivity index (χ0n) is 14.1. The first-order valence-electron chi connectivity index (χ1n) is 8.49. The molecule has 1 aliphatic rings. The number of aromatic amines is 1. The molecule has 1 aromatic carbocycles. The van der Waals surface area contributed by atoms with E-state index in [1.54, 1.807) is 18.5 Å². The molecular formula is C20H17N5O. The second-order valence-corrected chi connectivity index (χ2v) is 6.26. The average molecular weight is 343 g/mol. The van der Waals surface area contributed by atoms with Crippen molar-refractivity contribution in [3.8, 4) is 6.07 Å². The first-order chi connectivity index (χ1) is 12.8. The van der Waals surface area contributed by atoms with Crippen molar-refractivity contribution in [2.45, 2.75) is 19.4 Å². The zero-order valence-corrected chi connectivity index (χ0v) is 14.1. The van der Waals surface area contributed by atoms with Gasteiger partial charge in [-0.25, -0.2) is 9.97 Å². The fourth-order valence-electron chi connectivity index (χ4n) is 3.42. The van der Waals surface area contributed by atoms with Crippen LogP contribution in [0.5, 0.6) is 0 Å². The predicted octanol–water partition coefficient (Wildman–Crippen LogP) is 2.19. The normalized spacial score (nSPS) is 13.1. The van der Waals surface area contributed by atoms with Crippen molar-refractivity contribution >= 4 is 5.95 Å². The van der Waals surface area contributed by atoms with E-state index < -0.39 is 0 Å². The Morgan fingerprint density at radius 2 is 1.88 bits per heavy atom. The molecule has 0 amide bonds. The van der Waals surface area contributed by atoms with E-state index >= 15 is 0 Å². The molecule has 3 heterocycles. The van der Waals surface area contributed by atoms with E-state index in [0.717, 1.165) is 22.4 Å². The molecule has 0 aliphatic carbocycles. The number of aromatic nitrogens is 3. The molecule has 0 saturated heterocycles. The molecule has 0 atom stereocenters. The fourth-order valence-corrected chi connectivity index (χ4v) is 3.42. The topological polar surface area (TPSA) is 85.7 Å². The quantitative estimate of drug-likeness (QED) is 0.788. The molecule has 2 aromatic heterocycles. The molecule has 3 aromatic rings. The second kappa shape index (κ2) is 6.81. The van der Waals surface area contributed by atoms with E-state index in [2.05, 4.69) is 25.9 Å². The Morgan fingerprint density at radius 3 is 2.62 bits per heavy atom. The summed E-state index contributed by atoms with van der Waals surface area (Å²) in [5, 5.41) is 9.43. The van der Waals surface area contributed by atoms with Gasteiger partial charge in [-0.2, -0.15) is 5.26 Å². The lowest BCUT2D eigenvalue weighted by Crippen LogP contribution is -2.35. The van der Waals surface area contributed by atoms with Gasteiger partial charge in [-0.05, 0) is 29.2 Å². The van der Waals surface area contributed by atoms with Gasteiger partial charge in [-0.15, -0.1) is 0 Å². The van der Waals surface area contributed by atoms with Crippen molar-refractivity contribution in [1.82, 2.24) is 15.0 Å². The van der Waals surface area contributed by atoms with Gasteiger partial charge in [0.2, 0.25) is 5.95 Å². The summed E-state index contributed by atoms with van der Waals surface area (Å²) in [5.41, 5.74) is 3.75. The third-order valence-electron chi connectivity index (χ3n) is 4.67. The number of nitriles is 1. The van der Waals surface area contributed by atoms with Crippen LogP contribution >= 0.6 is 0 Å². The van der Waals surface area contributed by atoms with Gasteiger partial charge >= 0.3 is 0 Å². The van der Waals surface area contributed by atoms with Gasteiger partial charge in [0.25, 0.3) is 5.56 Å². The Hall–Kier alpha value is -3.46. The van der Waals surface area contributed by atoms with Crippen LogP contribution in [-0.2, 0) is 19.4 Å². The number of hydrogen-bond acceptors (Lipinski definition) is 5. The van der Waals surface area contributed by atoms with E-state index in [9.17, 15) is 10.1 Å². The van der Waals surface area contributed by atoms with Crippen LogP contribution in [0.1, 0.15) is 27.9 Å². The Labute approximate surface area is 150 Å². The summed E-state index contributed by atoms with van der Waals surface area (Å²) in [5.74, 6) is 0.661. The van der Waals surface area contributed by atoms with Crippen LogP contribution in [0.2, 0.25) is 0 Å². The van der Waals surface area contributed by atoms with Crippen molar-refractivity contribution < 1.29 is 0 Å². The first kappa shape index (κ1) is 16.0. The fraction of sp³-hybridized carbons (Fsp3) is 0.200. The van der Waals surface area contributed by atoms with Crippen molar-refractivity contribution in [1.29, 1.82) is 5.26 Å². The van der Waals surface area contributed by atoms with Gasteiger partial charge in [0.05, 0.1) is 0 Å². The summed E-state index contributed by atoms with van der Waals surface area (Å²) >= 11 is 0. The van der Waals surface area contributed by atoms with Crippen LogP contribution in [0, 0.1) is 11.3 Å². The smallest absolute Gasteiger partial charge is 0.266 e. The third-order valence-corrected chi connectivity index (χ3v) is 4.67. The highest BCUT2D eigenvalue weighted by Crippen LogP contribution is 2.26. The minimum atomic E-state index is -0.304. The van der Waals surface area contributed by atoms with Crippen molar-refractivity contribution in [2.75, 3.05) is 11.4 Å². The maximum Gasteiger partial charge on any atom is 0.266 e. The number of benzene rings is 1. The van der Waals surface area contributed by atoms with E-state index in [0.29, 0.717) is 31.9 Å². The van der Waals surface area contributed by atoms with Crippen molar-refractivity contribution in [3.05, 3.63) is 87.1 Å². The summed E-state index contributed by atoms with van der Waals surface area (Å²) in [6.07, 6.45) is 4.68. The van der Waals surface area contributed by atoms with Crippen LogP contribution in [0.3, 0.4) is 0 Å². The number of nitrogens with one attached hydrogen (secondary N) is 1. The second-order valence-electron chi connectivity index (χ2n) is 6.26. The van der Waals surface area contributed by atoms with Gasteiger partial charge in [-0.1, -0.05) is 30.3 Å². The molecule has 0 radical (unpaired) electrons. The van der Waals surface area contributed by atoms with Gasteiger partial charge in [-0.3, -0.25) is 4.79 Å². The summed E-state index contributed by atoms with van der Waals surface area (Å²) in [6, 6.07) is 13.9. The lowest BCUT2D eigenvalue weighted by atomic mass is 9.92. The van der Waals surface area contributed by atoms with Crippen LogP contribution < -0.4 is 10.5 Å². The molecule has 0 spiro atoms. The standard InChI is InChI=1S/C20H17N5O/c21-12-16-15-7-10-25(20-22-8-4-9-23-20)13-17(15)18(24-19(16)26)11-14-5-2-1-3-6-14/h1-6,8-9H,7,10-11,13H2,(H,24,26). The summed E-state index contributed by atoms with van der Waals surface area (Å²) in [6.45, 7) is 1.26. The summed E-state index contributed by atoms with van der Waals surface area (Å²) < 4.78 is 0. The molecule has 1 aliphatic heterocycles. The number of H-pyrrole nitrogens is 1. The predicted molar refractivity (Wildman–Crippen MR) is 97.8 cm³/mol. The molecule has 26 heavy (non-hydrogen) atoms. The lowest BCUT2D eigenvalue weighted by Gasteiger charge is -2.30.